The molecule has 4 heteroatoms. The Morgan fingerprint density at radius 1 is 1.70 bits per heavy atom. The minimum atomic E-state index is -0.552. The molecule has 0 atom stereocenters. The van der Waals surface area contributed by atoms with Crippen molar-refractivity contribution in [2.24, 2.45) is 0 Å². The summed E-state index contributed by atoms with van der Waals surface area (Å²) >= 11 is 3.07. The number of hydrogen-bond donors (Lipinski definition) is 1. The zero-order chi connectivity index (χ0) is 7.56. The van der Waals surface area contributed by atoms with Crippen LogP contribution in [0.1, 0.15) is 5.56 Å². The van der Waals surface area contributed by atoms with Crippen LogP contribution in [0.4, 0.5) is 4.39 Å². The lowest BCUT2D eigenvalue weighted by molar-refractivity contribution is 0.280. The van der Waals surface area contributed by atoms with Crippen molar-refractivity contribution >= 4 is 15.9 Å². The molecule has 0 spiro atoms. The number of hydrogen-bond acceptors (Lipinski definition) is 2. The molecular formula is C6H5BrFNO. The van der Waals surface area contributed by atoms with E-state index in [0.717, 1.165) is 0 Å². The summed E-state index contributed by atoms with van der Waals surface area (Å²) < 4.78 is 12.8. The maximum absolute atomic E-state index is 12.3. The predicted octanol–water partition coefficient (Wildman–Crippen LogP) is 1.48. The lowest BCUT2D eigenvalue weighted by Crippen LogP contribution is -1.89. The van der Waals surface area contributed by atoms with Crippen LogP contribution in [0.5, 0.6) is 0 Å². The van der Waals surface area contributed by atoms with Crippen molar-refractivity contribution < 1.29 is 9.50 Å². The Balaban J connectivity index is 3.07. The van der Waals surface area contributed by atoms with Crippen LogP contribution in [-0.4, -0.2) is 10.1 Å². The van der Waals surface area contributed by atoms with E-state index in [1.54, 1.807) is 0 Å². The van der Waals surface area contributed by atoms with Crippen LogP contribution in [-0.2, 0) is 6.61 Å². The number of nitrogens with zero attached hydrogens (tertiary/aromatic N) is 1. The fourth-order valence-electron chi connectivity index (χ4n) is 0.552. The van der Waals surface area contributed by atoms with Gasteiger partial charge in [0.2, 0.25) is 5.95 Å². The van der Waals surface area contributed by atoms with Gasteiger partial charge in [-0.25, -0.2) is 4.98 Å². The summed E-state index contributed by atoms with van der Waals surface area (Å²) in [6.45, 7) is -0.131. The van der Waals surface area contributed by atoms with Gasteiger partial charge < -0.3 is 5.11 Å². The molecule has 1 N–H and O–H groups in total. The molecule has 0 amide bonds. The minimum Gasteiger partial charge on any atom is -0.392 e. The largest absolute Gasteiger partial charge is 0.392 e. The second kappa shape index (κ2) is 3.07. The number of halogens is 2. The van der Waals surface area contributed by atoms with Crippen LogP contribution in [0.3, 0.4) is 0 Å². The fraction of sp³-hybridized carbons (Fsp3) is 0.167. The number of aliphatic hydroxyl groups is 1. The smallest absolute Gasteiger partial charge is 0.213 e. The van der Waals surface area contributed by atoms with E-state index in [1.807, 2.05) is 0 Å². The van der Waals surface area contributed by atoms with Crippen molar-refractivity contribution in [1.82, 2.24) is 4.98 Å². The summed E-state index contributed by atoms with van der Waals surface area (Å²) in [6.07, 6.45) is 1.29. The summed E-state index contributed by atoms with van der Waals surface area (Å²) in [4.78, 5) is 3.35. The van der Waals surface area contributed by atoms with Gasteiger partial charge in [0.25, 0.3) is 0 Å². The zero-order valence-corrected chi connectivity index (χ0v) is 6.60. The third-order valence-electron chi connectivity index (χ3n) is 1.07. The standard InChI is InChI=1S/C6H5BrFNO/c7-5-1-6(8)9-2-4(5)3-10/h1-2,10H,3H2. The number of aliphatic hydroxyl groups excluding tert-OH is 1. The van der Waals surface area contributed by atoms with Crippen LogP contribution in [0.25, 0.3) is 0 Å². The van der Waals surface area contributed by atoms with Crippen molar-refractivity contribution in [1.29, 1.82) is 0 Å². The van der Waals surface area contributed by atoms with Crippen LogP contribution >= 0.6 is 15.9 Å². The first-order valence-corrected chi connectivity index (χ1v) is 3.44. The normalized spacial score (nSPS) is 9.90. The molecule has 1 heterocycles. The number of pyridine rings is 1. The molecule has 1 rings (SSSR count). The SMILES string of the molecule is OCc1cnc(F)cc1Br. The van der Waals surface area contributed by atoms with Crippen molar-refractivity contribution in [3.8, 4) is 0 Å². The topological polar surface area (TPSA) is 33.1 Å². The summed E-state index contributed by atoms with van der Waals surface area (Å²) in [5.41, 5.74) is 0.585. The van der Waals surface area contributed by atoms with E-state index in [0.29, 0.717) is 10.0 Å². The van der Waals surface area contributed by atoms with Gasteiger partial charge in [0.15, 0.2) is 0 Å². The Labute approximate surface area is 65.8 Å². The second-order valence-corrected chi connectivity index (χ2v) is 2.61. The summed E-state index contributed by atoms with van der Waals surface area (Å²) in [5.74, 6) is -0.552. The van der Waals surface area contributed by atoms with E-state index < -0.39 is 5.95 Å². The van der Waals surface area contributed by atoms with Crippen molar-refractivity contribution in [3.05, 3.63) is 28.2 Å². The van der Waals surface area contributed by atoms with Gasteiger partial charge in [0.1, 0.15) is 0 Å². The maximum Gasteiger partial charge on any atom is 0.213 e. The van der Waals surface area contributed by atoms with E-state index in [4.69, 9.17) is 5.11 Å². The van der Waals surface area contributed by atoms with E-state index in [1.165, 1.54) is 12.3 Å². The number of aromatic nitrogens is 1. The highest BCUT2D eigenvalue weighted by Gasteiger charge is 1.99. The van der Waals surface area contributed by atoms with Gasteiger partial charge in [-0.15, -0.1) is 0 Å². The van der Waals surface area contributed by atoms with Gasteiger partial charge in [-0.05, 0) is 0 Å². The molecule has 1 aromatic heterocycles. The van der Waals surface area contributed by atoms with E-state index >= 15 is 0 Å². The molecule has 0 aliphatic carbocycles. The Hall–Kier alpha value is -0.480. The first kappa shape index (κ1) is 7.63. The van der Waals surface area contributed by atoms with Crippen LogP contribution in [0.2, 0.25) is 0 Å². The zero-order valence-electron chi connectivity index (χ0n) is 5.01. The van der Waals surface area contributed by atoms with E-state index in [9.17, 15) is 4.39 Å². The third kappa shape index (κ3) is 1.52. The molecule has 0 aliphatic heterocycles. The minimum absolute atomic E-state index is 0.131. The molecule has 0 bridgehead atoms. The summed E-state index contributed by atoms with van der Waals surface area (Å²) in [5, 5.41) is 8.62. The Kier molecular flexibility index (Phi) is 2.34. The van der Waals surface area contributed by atoms with Gasteiger partial charge in [-0.3, -0.25) is 0 Å². The summed E-state index contributed by atoms with van der Waals surface area (Å²) in [7, 11) is 0. The highest BCUT2D eigenvalue weighted by Crippen LogP contribution is 2.15. The van der Waals surface area contributed by atoms with Crippen LogP contribution in [0, 0.1) is 5.95 Å². The van der Waals surface area contributed by atoms with Gasteiger partial charge in [0, 0.05) is 22.3 Å². The Morgan fingerprint density at radius 3 is 2.90 bits per heavy atom. The first-order valence-electron chi connectivity index (χ1n) is 2.65. The van der Waals surface area contributed by atoms with E-state index in [-0.39, 0.29) is 6.61 Å². The van der Waals surface area contributed by atoms with Crippen molar-refractivity contribution in [2.75, 3.05) is 0 Å². The fourth-order valence-corrected chi connectivity index (χ4v) is 0.969. The predicted molar refractivity (Wildman–Crippen MR) is 37.8 cm³/mol. The van der Waals surface area contributed by atoms with Crippen molar-refractivity contribution in [3.63, 3.8) is 0 Å². The number of rotatable bonds is 1. The molecule has 2 nitrogen and oxygen atoms in total. The second-order valence-electron chi connectivity index (χ2n) is 1.76. The van der Waals surface area contributed by atoms with Gasteiger partial charge in [-0.1, -0.05) is 15.9 Å². The first-order chi connectivity index (χ1) is 4.74. The van der Waals surface area contributed by atoms with Crippen LogP contribution < -0.4 is 0 Å². The summed E-state index contributed by atoms with van der Waals surface area (Å²) in [6, 6.07) is 1.21. The van der Waals surface area contributed by atoms with Crippen molar-refractivity contribution in [2.45, 2.75) is 6.61 Å². The molecule has 0 fully saturated rings. The highest BCUT2D eigenvalue weighted by molar-refractivity contribution is 9.10. The monoisotopic (exact) mass is 205 g/mol. The van der Waals surface area contributed by atoms with Gasteiger partial charge >= 0.3 is 0 Å². The lowest BCUT2D eigenvalue weighted by atomic mass is 10.3. The molecular weight excluding hydrogens is 201 g/mol. The third-order valence-corrected chi connectivity index (χ3v) is 1.80. The molecule has 0 unspecified atom stereocenters. The quantitative estimate of drug-likeness (QED) is 0.705. The molecule has 0 saturated carbocycles. The van der Waals surface area contributed by atoms with Gasteiger partial charge in [-0.2, -0.15) is 4.39 Å². The average Bonchev–Trinajstić information content (AvgIpc) is 1.88. The molecule has 10 heavy (non-hydrogen) atoms. The lowest BCUT2D eigenvalue weighted by Gasteiger charge is -1.97. The molecule has 1 aromatic rings. The molecule has 0 aromatic carbocycles. The average molecular weight is 206 g/mol. The molecule has 0 saturated heterocycles. The van der Waals surface area contributed by atoms with E-state index in [2.05, 4.69) is 20.9 Å². The van der Waals surface area contributed by atoms with Crippen LogP contribution in [0.15, 0.2) is 16.7 Å². The molecule has 54 valence electrons. The molecule has 0 radical (unpaired) electrons. The highest BCUT2D eigenvalue weighted by atomic mass is 79.9. The van der Waals surface area contributed by atoms with Gasteiger partial charge in [0.05, 0.1) is 6.61 Å². The molecule has 0 aliphatic rings. The Morgan fingerprint density at radius 2 is 2.40 bits per heavy atom. The maximum atomic E-state index is 12.3. The Bertz CT molecular complexity index is 241.